The van der Waals surface area contributed by atoms with Crippen molar-refractivity contribution in [2.24, 2.45) is 0 Å². The number of amides is 2. The van der Waals surface area contributed by atoms with Crippen LogP contribution in [0.15, 0.2) is 84.9 Å². The first kappa shape index (κ1) is 22.1. The van der Waals surface area contributed by atoms with Crippen molar-refractivity contribution in [1.29, 1.82) is 0 Å². The molecule has 0 saturated heterocycles. The van der Waals surface area contributed by atoms with Crippen molar-refractivity contribution < 1.29 is 19.4 Å². The third-order valence-electron chi connectivity index (χ3n) is 5.06. The third-order valence-corrected chi connectivity index (χ3v) is 5.06. The Balaban J connectivity index is 1.64. The first-order chi connectivity index (χ1) is 16.3. The van der Waals surface area contributed by atoms with E-state index in [1.807, 2.05) is 24.3 Å². The van der Waals surface area contributed by atoms with Crippen LogP contribution in [0.4, 0.5) is 22.7 Å². The van der Waals surface area contributed by atoms with Crippen molar-refractivity contribution in [3.05, 3.63) is 116 Å². The van der Waals surface area contributed by atoms with E-state index in [0.29, 0.717) is 11.4 Å². The van der Waals surface area contributed by atoms with E-state index in [9.17, 15) is 29.8 Å². The summed E-state index contributed by atoms with van der Waals surface area (Å²) in [6, 6.07) is 21.0. The second-order valence-electron chi connectivity index (χ2n) is 7.26. The van der Waals surface area contributed by atoms with Crippen molar-refractivity contribution in [3.8, 4) is 0 Å². The predicted octanol–water partition coefficient (Wildman–Crippen LogP) is 5.16. The lowest BCUT2D eigenvalue weighted by atomic mass is 10.1. The van der Waals surface area contributed by atoms with Crippen LogP contribution in [0.1, 0.15) is 20.7 Å². The maximum absolute atomic E-state index is 12.8. The summed E-state index contributed by atoms with van der Waals surface area (Å²) >= 11 is 0. The van der Waals surface area contributed by atoms with Gasteiger partial charge in [-0.05, 0) is 47.2 Å². The third kappa shape index (κ3) is 4.70. The van der Waals surface area contributed by atoms with Crippen molar-refractivity contribution >= 4 is 45.3 Å². The minimum absolute atomic E-state index is 0.140. The molecule has 0 radical (unpaired) electrons. The summed E-state index contributed by atoms with van der Waals surface area (Å²) in [6.45, 7) is 0. The molecular formula is C24H16N4O6. The van der Waals surface area contributed by atoms with Gasteiger partial charge in [0.2, 0.25) is 0 Å². The summed E-state index contributed by atoms with van der Waals surface area (Å²) in [7, 11) is 0. The highest BCUT2D eigenvalue weighted by molar-refractivity contribution is 6.12. The molecule has 4 aromatic carbocycles. The summed E-state index contributed by atoms with van der Waals surface area (Å²) in [6.07, 6.45) is 0. The molecule has 0 aliphatic carbocycles. The molecule has 0 heterocycles. The average Bonchev–Trinajstić information content (AvgIpc) is 2.84. The monoisotopic (exact) mass is 456 g/mol. The van der Waals surface area contributed by atoms with Gasteiger partial charge in [-0.1, -0.05) is 24.3 Å². The molecule has 0 bridgehead atoms. The minimum Gasteiger partial charge on any atom is -0.320 e. The van der Waals surface area contributed by atoms with Gasteiger partial charge < -0.3 is 10.6 Å². The van der Waals surface area contributed by atoms with Crippen LogP contribution in [0.5, 0.6) is 0 Å². The molecule has 10 nitrogen and oxygen atoms in total. The van der Waals surface area contributed by atoms with Gasteiger partial charge in [0.15, 0.2) is 0 Å². The molecule has 4 rings (SSSR count). The van der Waals surface area contributed by atoms with Gasteiger partial charge in [0.05, 0.1) is 21.2 Å². The van der Waals surface area contributed by atoms with Crippen LogP contribution >= 0.6 is 0 Å². The van der Waals surface area contributed by atoms with Crippen LogP contribution in [-0.4, -0.2) is 21.7 Å². The van der Waals surface area contributed by atoms with E-state index in [1.165, 1.54) is 48.5 Å². The Morgan fingerprint density at radius 1 is 0.588 bits per heavy atom. The van der Waals surface area contributed by atoms with Crippen LogP contribution < -0.4 is 10.6 Å². The van der Waals surface area contributed by atoms with Gasteiger partial charge in [0, 0.05) is 35.4 Å². The zero-order valence-corrected chi connectivity index (χ0v) is 17.4. The van der Waals surface area contributed by atoms with Crippen LogP contribution in [-0.2, 0) is 0 Å². The van der Waals surface area contributed by atoms with Crippen molar-refractivity contribution in [1.82, 2.24) is 0 Å². The van der Waals surface area contributed by atoms with Crippen molar-refractivity contribution in [2.75, 3.05) is 10.6 Å². The second-order valence-corrected chi connectivity index (χ2v) is 7.26. The van der Waals surface area contributed by atoms with Gasteiger partial charge in [-0.15, -0.1) is 0 Å². The van der Waals surface area contributed by atoms with Gasteiger partial charge in [-0.25, -0.2) is 0 Å². The fraction of sp³-hybridized carbons (Fsp3) is 0. The number of rotatable bonds is 6. The van der Waals surface area contributed by atoms with Crippen LogP contribution in [0.25, 0.3) is 10.8 Å². The number of nitro benzene ring substituents is 2. The van der Waals surface area contributed by atoms with E-state index < -0.39 is 21.7 Å². The highest BCUT2D eigenvalue weighted by atomic mass is 16.6. The maximum atomic E-state index is 12.8. The molecule has 0 unspecified atom stereocenters. The van der Waals surface area contributed by atoms with Crippen molar-refractivity contribution in [3.63, 3.8) is 0 Å². The zero-order chi connectivity index (χ0) is 24.2. The molecule has 0 spiro atoms. The number of carbonyl (C=O) groups is 2. The molecule has 0 aromatic heterocycles. The van der Waals surface area contributed by atoms with Crippen molar-refractivity contribution in [2.45, 2.75) is 0 Å². The van der Waals surface area contributed by atoms with Gasteiger partial charge in [0.25, 0.3) is 23.2 Å². The first-order valence-corrected chi connectivity index (χ1v) is 9.96. The quantitative estimate of drug-likeness (QED) is 0.303. The number of non-ortho nitro benzene ring substituents is 2. The molecule has 34 heavy (non-hydrogen) atoms. The summed E-state index contributed by atoms with van der Waals surface area (Å²) < 4.78 is 0. The molecule has 0 fully saturated rings. The summed E-state index contributed by atoms with van der Waals surface area (Å²) in [5.74, 6) is -1.04. The van der Waals surface area contributed by atoms with E-state index in [1.54, 1.807) is 12.1 Å². The average molecular weight is 456 g/mol. The Kier molecular flexibility index (Phi) is 5.95. The summed E-state index contributed by atoms with van der Waals surface area (Å²) in [5, 5.41) is 28.8. The maximum Gasteiger partial charge on any atom is 0.269 e. The predicted molar refractivity (Wildman–Crippen MR) is 126 cm³/mol. The van der Waals surface area contributed by atoms with E-state index in [4.69, 9.17) is 0 Å². The van der Waals surface area contributed by atoms with Crippen LogP contribution in [0.2, 0.25) is 0 Å². The molecule has 0 aliphatic heterocycles. The van der Waals surface area contributed by atoms with Crippen LogP contribution in [0.3, 0.4) is 0 Å². The number of nitro groups is 2. The van der Waals surface area contributed by atoms with E-state index in [-0.39, 0.29) is 22.5 Å². The fourth-order valence-electron chi connectivity index (χ4n) is 3.31. The van der Waals surface area contributed by atoms with Gasteiger partial charge in [-0.2, -0.15) is 0 Å². The van der Waals surface area contributed by atoms with E-state index in [0.717, 1.165) is 10.8 Å². The Hall–Kier alpha value is -5.12. The molecular weight excluding hydrogens is 440 g/mol. The minimum atomic E-state index is -0.559. The number of nitrogens with zero attached hydrogens (tertiary/aromatic N) is 2. The highest BCUT2D eigenvalue weighted by Gasteiger charge is 2.16. The molecule has 4 aromatic rings. The summed E-state index contributed by atoms with van der Waals surface area (Å²) in [4.78, 5) is 46.1. The fourth-order valence-corrected chi connectivity index (χ4v) is 3.31. The lowest BCUT2D eigenvalue weighted by molar-refractivity contribution is -0.385. The Bertz CT molecular complexity index is 1320. The number of fused-ring (bicyclic) bond motifs is 1. The number of hydrogen-bond donors (Lipinski definition) is 2. The number of carbonyl (C=O) groups excluding carboxylic acids is 2. The van der Waals surface area contributed by atoms with Gasteiger partial charge >= 0.3 is 0 Å². The molecule has 2 N–H and O–H groups in total. The molecule has 2 amide bonds. The molecule has 0 aliphatic rings. The van der Waals surface area contributed by atoms with E-state index in [2.05, 4.69) is 10.6 Å². The molecule has 0 atom stereocenters. The van der Waals surface area contributed by atoms with Crippen LogP contribution in [0, 0.1) is 20.2 Å². The lowest BCUT2D eigenvalue weighted by Crippen LogP contribution is -2.17. The first-order valence-electron chi connectivity index (χ1n) is 9.96. The Morgan fingerprint density at radius 2 is 0.941 bits per heavy atom. The van der Waals surface area contributed by atoms with Gasteiger partial charge in [-0.3, -0.25) is 29.8 Å². The smallest absolute Gasteiger partial charge is 0.269 e. The second kappa shape index (κ2) is 9.17. The lowest BCUT2D eigenvalue weighted by Gasteiger charge is -2.14. The molecule has 10 heteroatoms. The SMILES string of the molecule is O=C(Nc1cc2ccccc2cc1NC(=O)c1ccc([N+](=O)[O-])cc1)c1ccc([N+](=O)[O-])cc1. The number of benzene rings is 4. The zero-order valence-electron chi connectivity index (χ0n) is 17.4. The topological polar surface area (TPSA) is 144 Å². The Labute approximate surface area is 192 Å². The molecule has 168 valence electrons. The number of hydrogen-bond acceptors (Lipinski definition) is 6. The Morgan fingerprint density at radius 3 is 1.26 bits per heavy atom. The normalized spacial score (nSPS) is 10.5. The summed E-state index contributed by atoms with van der Waals surface area (Å²) in [5.41, 5.74) is 0.754. The number of nitrogens with one attached hydrogen (secondary N) is 2. The largest absolute Gasteiger partial charge is 0.320 e. The molecule has 0 saturated carbocycles. The highest BCUT2D eigenvalue weighted by Crippen LogP contribution is 2.30. The standard InChI is InChI=1S/C24H16N4O6/c29-23(15-5-9-19(10-6-15)27(31)32)25-21-13-17-3-1-2-4-18(17)14-22(21)26-24(30)16-7-11-20(12-8-16)28(33)34/h1-14H,(H,25,29)(H,26,30). The number of anilines is 2. The van der Waals surface area contributed by atoms with Gasteiger partial charge in [0.1, 0.15) is 0 Å². The van der Waals surface area contributed by atoms with E-state index >= 15 is 0 Å².